The fraction of sp³-hybridized carbons (Fsp3) is 0.161. The number of rotatable bonds is 7. The van der Waals surface area contributed by atoms with Gasteiger partial charge in [0.1, 0.15) is 0 Å². The van der Waals surface area contributed by atoms with E-state index in [1.807, 2.05) is 24.3 Å². The van der Waals surface area contributed by atoms with Crippen LogP contribution in [0.15, 0.2) is 78.4 Å². The number of fused-ring (bicyclic) bond motifs is 1. The molecule has 0 spiro atoms. The van der Waals surface area contributed by atoms with Crippen LogP contribution in [0.1, 0.15) is 53.6 Å². The summed E-state index contributed by atoms with van der Waals surface area (Å²) < 4.78 is 4.97. The number of carbonyl (C=O) groups is 1. The SMILES string of the molecule is CCOC(=O)/C=C/c1ccc(/C(C2=Cc3ccccc3C2)=C(/CC)c2ccc(C#N)cc2Cl)cc1. The minimum atomic E-state index is -0.352. The van der Waals surface area contributed by atoms with Crippen molar-refractivity contribution in [3.8, 4) is 6.07 Å². The highest BCUT2D eigenvalue weighted by molar-refractivity contribution is 6.33. The Balaban J connectivity index is 1.82. The zero-order chi connectivity index (χ0) is 24.8. The molecule has 0 amide bonds. The maximum absolute atomic E-state index is 11.7. The van der Waals surface area contributed by atoms with Crippen molar-refractivity contribution in [2.24, 2.45) is 0 Å². The highest BCUT2D eigenvalue weighted by Gasteiger charge is 2.21. The summed E-state index contributed by atoms with van der Waals surface area (Å²) in [4.78, 5) is 11.7. The predicted octanol–water partition coefficient (Wildman–Crippen LogP) is 7.75. The van der Waals surface area contributed by atoms with E-state index < -0.39 is 0 Å². The Morgan fingerprint density at radius 2 is 1.86 bits per heavy atom. The molecule has 0 fully saturated rings. The molecule has 174 valence electrons. The van der Waals surface area contributed by atoms with Crippen LogP contribution in [0.5, 0.6) is 0 Å². The van der Waals surface area contributed by atoms with Crippen molar-refractivity contribution in [3.63, 3.8) is 0 Å². The molecule has 0 saturated carbocycles. The Hall–Kier alpha value is -3.87. The number of nitriles is 1. The van der Waals surface area contributed by atoms with Gasteiger partial charge in [-0.25, -0.2) is 4.79 Å². The van der Waals surface area contributed by atoms with Gasteiger partial charge in [-0.1, -0.05) is 79.2 Å². The van der Waals surface area contributed by atoms with Gasteiger partial charge >= 0.3 is 5.97 Å². The first-order valence-electron chi connectivity index (χ1n) is 11.7. The molecule has 0 atom stereocenters. The van der Waals surface area contributed by atoms with E-state index in [2.05, 4.69) is 55.5 Å². The second kappa shape index (κ2) is 11.0. The molecule has 0 aromatic heterocycles. The zero-order valence-corrected chi connectivity index (χ0v) is 20.6. The summed E-state index contributed by atoms with van der Waals surface area (Å²) in [6, 6.07) is 24.3. The van der Waals surface area contributed by atoms with Crippen LogP contribution in [0.25, 0.3) is 23.3 Å². The second-order valence-electron chi connectivity index (χ2n) is 8.27. The fourth-order valence-corrected chi connectivity index (χ4v) is 4.74. The lowest BCUT2D eigenvalue weighted by Crippen LogP contribution is -1.99. The molecule has 0 radical (unpaired) electrons. The lowest BCUT2D eigenvalue weighted by Gasteiger charge is -2.18. The van der Waals surface area contributed by atoms with Gasteiger partial charge in [-0.3, -0.25) is 0 Å². The number of hydrogen-bond acceptors (Lipinski definition) is 3. The second-order valence-corrected chi connectivity index (χ2v) is 8.67. The summed E-state index contributed by atoms with van der Waals surface area (Å²) >= 11 is 6.67. The highest BCUT2D eigenvalue weighted by Crippen LogP contribution is 2.41. The molecule has 0 unspecified atom stereocenters. The first kappa shape index (κ1) is 24.3. The van der Waals surface area contributed by atoms with Gasteiger partial charge in [0.05, 0.1) is 18.2 Å². The third-order valence-electron chi connectivity index (χ3n) is 6.06. The van der Waals surface area contributed by atoms with E-state index in [0.717, 1.165) is 40.7 Å². The van der Waals surface area contributed by atoms with Crippen molar-refractivity contribution in [2.45, 2.75) is 26.7 Å². The van der Waals surface area contributed by atoms with Gasteiger partial charge in [-0.05, 0) is 82.5 Å². The molecular formula is C31H26ClNO2. The van der Waals surface area contributed by atoms with Crippen LogP contribution >= 0.6 is 11.6 Å². The highest BCUT2D eigenvalue weighted by atomic mass is 35.5. The normalized spacial score (nSPS) is 13.1. The van der Waals surface area contributed by atoms with Crippen LogP contribution in [-0.2, 0) is 16.0 Å². The summed E-state index contributed by atoms with van der Waals surface area (Å²) in [5.41, 5.74) is 9.52. The van der Waals surface area contributed by atoms with Crippen molar-refractivity contribution < 1.29 is 9.53 Å². The van der Waals surface area contributed by atoms with Crippen molar-refractivity contribution in [1.29, 1.82) is 5.26 Å². The van der Waals surface area contributed by atoms with E-state index in [1.54, 1.807) is 19.1 Å². The Labute approximate surface area is 211 Å². The summed E-state index contributed by atoms with van der Waals surface area (Å²) in [6.45, 7) is 4.27. The van der Waals surface area contributed by atoms with Gasteiger partial charge < -0.3 is 4.74 Å². The van der Waals surface area contributed by atoms with Crippen LogP contribution in [0, 0.1) is 11.3 Å². The standard InChI is InChI=1S/C31H26ClNO2/c1-3-27(28-15-11-22(20-33)17-29(28)32)31(26-18-24-7-5-6-8-25(24)19-26)23-13-9-21(10-14-23)12-16-30(34)35-4-2/h5-18H,3-4,19H2,1-2H3/b16-12+,31-27+. The summed E-state index contributed by atoms with van der Waals surface area (Å²) in [5.74, 6) is -0.352. The van der Waals surface area contributed by atoms with Gasteiger partial charge in [-0.15, -0.1) is 0 Å². The van der Waals surface area contributed by atoms with Crippen LogP contribution in [0.4, 0.5) is 0 Å². The van der Waals surface area contributed by atoms with Crippen molar-refractivity contribution in [2.75, 3.05) is 6.61 Å². The molecule has 4 rings (SSSR count). The van der Waals surface area contributed by atoms with E-state index in [9.17, 15) is 10.1 Å². The summed E-state index contributed by atoms with van der Waals surface area (Å²) in [7, 11) is 0. The van der Waals surface area contributed by atoms with Crippen LogP contribution in [0.3, 0.4) is 0 Å². The van der Waals surface area contributed by atoms with Gasteiger partial charge in [0.15, 0.2) is 0 Å². The third-order valence-corrected chi connectivity index (χ3v) is 6.38. The molecule has 3 aromatic carbocycles. The maximum atomic E-state index is 11.7. The molecule has 3 nitrogen and oxygen atoms in total. The quantitative estimate of drug-likeness (QED) is 0.198. The fourth-order valence-electron chi connectivity index (χ4n) is 4.44. The number of halogens is 1. The molecule has 1 aliphatic rings. The zero-order valence-electron chi connectivity index (χ0n) is 19.8. The number of allylic oxidation sites excluding steroid dienone is 3. The van der Waals surface area contributed by atoms with Gasteiger partial charge in [0, 0.05) is 11.1 Å². The van der Waals surface area contributed by atoms with E-state index in [1.165, 1.54) is 22.8 Å². The molecule has 0 saturated heterocycles. The Bertz CT molecular complexity index is 1390. The largest absolute Gasteiger partial charge is 0.463 e. The number of hydrogen-bond donors (Lipinski definition) is 0. The first-order valence-corrected chi connectivity index (χ1v) is 12.1. The average Bonchev–Trinajstić information content (AvgIpc) is 3.30. The van der Waals surface area contributed by atoms with Crippen LogP contribution in [0.2, 0.25) is 5.02 Å². The number of benzene rings is 3. The first-order chi connectivity index (χ1) is 17.0. The van der Waals surface area contributed by atoms with Crippen LogP contribution < -0.4 is 0 Å². The topological polar surface area (TPSA) is 50.1 Å². The van der Waals surface area contributed by atoms with Crippen molar-refractivity contribution in [1.82, 2.24) is 0 Å². The minimum Gasteiger partial charge on any atom is -0.463 e. The molecule has 1 aliphatic carbocycles. The third kappa shape index (κ3) is 5.45. The molecule has 35 heavy (non-hydrogen) atoms. The van der Waals surface area contributed by atoms with E-state index in [-0.39, 0.29) is 5.97 Å². The Morgan fingerprint density at radius 3 is 2.51 bits per heavy atom. The molecule has 4 heteroatoms. The number of carbonyl (C=O) groups excluding carboxylic acids is 1. The number of nitrogens with zero attached hydrogens (tertiary/aromatic N) is 1. The molecule has 0 N–H and O–H groups in total. The summed E-state index contributed by atoms with van der Waals surface area (Å²) in [6.07, 6.45) is 7.08. The minimum absolute atomic E-state index is 0.352. The lowest BCUT2D eigenvalue weighted by atomic mass is 9.86. The Morgan fingerprint density at radius 1 is 1.09 bits per heavy atom. The molecule has 0 heterocycles. The monoisotopic (exact) mass is 479 g/mol. The lowest BCUT2D eigenvalue weighted by molar-refractivity contribution is -0.137. The predicted molar refractivity (Wildman–Crippen MR) is 144 cm³/mol. The average molecular weight is 480 g/mol. The van der Waals surface area contributed by atoms with Crippen LogP contribution in [-0.4, -0.2) is 12.6 Å². The molecule has 0 aliphatic heterocycles. The summed E-state index contributed by atoms with van der Waals surface area (Å²) in [5, 5.41) is 9.85. The Kier molecular flexibility index (Phi) is 7.65. The van der Waals surface area contributed by atoms with E-state index in [4.69, 9.17) is 16.3 Å². The van der Waals surface area contributed by atoms with E-state index >= 15 is 0 Å². The number of ether oxygens (including phenoxy) is 1. The molecule has 0 bridgehead atoms. The van der Waals surface area contributed by atoms with Gasteiger partial charge in [-0.2, -0.15) is 5.26 Å². The van der Waals surface area contributed by atoms with Gasteiger partial charge in [0.2, 0.25) is 0 Å². The van der Waals surface area contributed by atoms with Crippen molar-refractivity contribution >= 4 is 40.9 Å². The van der Waals surface area contributed by atoms with E-state index in [0.29, 0.717) is 17.2 Å². The maximum Gasteiger partial charge on any atom is 0.330 e. The molecular weight excluding hydrogens is 454 g/mol. The molecule has 3 aromatic rings. The number of esters is 1. The van der Waals surface area contributed by atoms with Crippen molar-refractivity contribution in [3.05, 3.63) is 117 Å². The van der Waals surface area contributed by atoms with Gasteiger partial charge in [0.25, 0.3) is 0 Å². The smallest absolute Gasteiger partial charge is 0.330 e.